The number of pyridine rings is 1. The summed E-state index contributed by atoms with van der Waals surface area (Å²) in [6, 6.07) is 11.9. The van der Waals surface area contributed by atoms with E-state index >= 15 is 0 Å². The summed E-state index contributed by atoms with van der Waals surface area (Å²) in [6.07, 6.45) is 5.21. The predicted octanol–water partition coefficient (Wildman–Crippen LogP) is 4.11. The van der Waals surface area contributed by atoms with E-state index in [0.29, 0.717) is 23.9 Å². The van der Waals surface area contributed by atoms with Crippen LogP contribution in [-0.4, -0.2) is 39.4 Å². The molecule has 6 nitrogen and oxygen atoms in total. The van der Waals surface area contributed by atoms with Crippen molar-refractivity contribution in [3.63, 3.8) is 0 Å². The van der Waals surface area contributed by atoms with Gasteiger partial charge in [-0.25, -0.2) is 9.97 Å². The second-order valence-corrected chi connectivity index (χ2v) is 7.11. The molecule has 150 valence electrons. The molecule has 0 unspecified atom stereocenters. The molecule has 0 atom stereocenters. The fourth-order valence-electron chi connectivity index (χ4n) is 3.21. The minimum atomic E-state index is -0.117. The molecule has 0 aliphatic carbocycles. The van der Waals surface area contributed by atoms with Crippen LogP contribution in [-0.2, 0) is 12.8 Å². The molecule has 1 aromatic carbocycles. The molecule has 0 aliphatic heterocycles. The number of carbonyl (C=O) groups excluding carboxylic acids is 1. The Bertz CT molecular complexity index is 988. The highest BCUT2D eigenvalue weighted by molar-refractivity contribution is 5.93. The maximum Gasteiger partial charge on any atom is 0.272 e. The van der Waals surface area contributed by atoms with Gasteiger partial charge in [-0.05, 0) is 55.5 Å². The molecule has 2 aromatic heterocycles. The molecule has 0 radical (unpaired) electrons. The topological polar surface area (TPSA) is 71.0 Å². The van der Waals surface area contributed by atoms with Crippen LogP contribution in [0.5, 0.6) is 0 Å². The van der Waals surface area contributed by atoms with Crippen molar-refractivity contribution in [1.29, 1.82) is 0 Å². The molecule has 29 heavy (non-hydrogen) atoms. The maximum atomic E-state index is 12.9. The lowest BCUT2D eigenvalue weighted by Crippen LogP contribution is -2.30. The number of hydrogen-bond donors (Lipinski definition) is 1. The van der Waals surface area contributed by atoms with Gasteiger partial charge in [0.1, 0.15) is 17.3 Å². The number of nitrogens with one attached hydrogen (secondary N) is 1. The van der Waals surface area contributed by atoms with Crippen LogP contribution in [0.3, 0.4) is 0 Å². The highest BCUT2D eigenvalue weighted by Gasteiger charge is 2.16. The minimum absolute atomic E-state index is 0.117. The summed E-state index contributed by atoms with van der Waals surface area (Å²) in [6.45, 7) is 6.59. The second-order valence-electron chi connectivity index (χ2n) is 7.11. The van der Waals surface area contributed by atoms with Crippen molar-refractivity contribution in [3.05, 3.63) is 77.0 Å². The molecular formula is C23H27N5O. The Balaban J connectivity index is 1.77. The van der Waals surface area contributed by atoms with Crippen LogP contribution in [0.1, 0.15) is 39.9 Å². The maximum absolute atomic E-state index is 12.9. The second kappa shape index (κ2) is 9.28. The summed E-state index contributed by atoms with van der Waals surface area (Å²) in [5.41, 5.74) is 4.93. The zero-order valence-corrected chi connectivity index (χ0v) is 17.4. The molecule has 1 amide bonds. The lowest BCUT2D eigenvalue weighted by Gasteiger charge is -2.18. The molecule has 0 bridgehead atoms. The summed E-state index contributed by atoms with van der Waals surface area (Å²) in [7, 11) is 1.80. The van der Waals surface area contributed by atoms with Gasteiger partial charge in [-0.3, -0.25) is 9.78 Å². The van der Waals surface area contributed by atoms with E-state index in [4.69, 9.17) is 0 Å². The first-order valence-electron chi connectivity index (χ1n) is 9.83. The average molecular weight is 390 g/mol. The van der Waals surface area contributed by atoms with Crippen molar-refractivity contribution in [1.82, 2.24) is 19.9 Å². The first-order valence-corrected chi connectivity index (χ1v) is 9.83. The van der Waals surface area contributed by atoms with Crippen LogP contribution >= 0.6 is 0 Å². The number of likely N-dealkylation sites (N-methyl/N-ethyl adjacent to an activating group) is 1. The Hall–Kier alpha value is -3.28. The van der Waals surface area contributed by atoms with Crippen LogP contribution < -0.4 is 5.32 Å². The van der Waals surface area contributed by atoms with Crippen molar-refractivity contribution in [2.24, 2.45) is 0 Å². The molecule has 6 heteroatoms. The zero-order valence-electron chi connectivity index (χ0n) is 17.4. The van der Waals surface area contributed by atoms with Crippen molar-refractivity contribution in [3.8, 4) is 0 Å². The van der Waals surface area contributed by atoms with Crippen LogP contribution in [0.25, 0.3) is 0 Å². The standard InChI is InChI=1S/C23H27N5O/c1-5-19-8-6-7-16(2)22(19)27-21-15-20(25-17(3)26-21)23(29)28(4)14-11-18-9-12-24-13-10-18/h6-10,12-13,15H,5,11,14H2,1-4H3,(H,25,26,27). The number of rotatable bonds is 7. The van der Waals surface area contributed by atoms with Crippen molar-refractivity contribution >= 4 is 17.4 Å². The van der Waals surface area contributed by atoms with Gasteiger partial charge in [0.2, 0.25) is 0 Å². The number of para-hydroxylation sites is 1. The lowest BCUT2D eigenvalue weighted by molar-refractivity contribution is 0.0790. The van der Waals surface area contributed by atoms with E-state index < -0.39 is 0 Å². The summed E-state index contributed by atoms with van der Waals surface area (Å²) < 4.78 is 0. The number of aromatic nitrogens is 3. The van der Waals surface area contributed by atoms with Gasteiger partial charge in [-0.15, -0.1) is 0 Å². The summed E-state index contributed by atoms with van der Waals surface area (Å²) in [5, 5.41) is 3.40. The highest BCUT2D eigenvalue weighted by Crippen LogP contribution is 2.25. The van der Waals surface area contributed by atoms with Gasteiger partial charge in [0.05, 0.1) is 0 Å². The third kappa shape index (κ3) is 5.16. The first-order chi connectivity index (χ1) is 14.0. The van der Waals surface area contributed by atoms with Gasteiger partial charge in [0, 0.05) is 37.7 Å². The molecule has 3 aromatic rings. The Kier molecular flexibility index (Phi) is 6.54. The van der Waals surface area contributed by atoms with E-state index in [9.17, 15) is 4.79 Å². The van der Waals surface area contributed by atoms with Gasteiger partial charge in [0.15, 0.2) is 0 Å². The quantitative estimate of drug-likeness (QED) is 0.658. The van der Waals surface area contributed by atoms with Gasteiger partial charge < -0.3 is 10.2 Å². The lowest BCUT2D eigenvalue weighted by atomic mass is 10.1. The van der Waals surface area contributed by atoms with Crippen molar-refractivity contribution < 1.29 is 4.79 Å². The molecule has 2 heterocycles. The SMILES string of the molecule is CCc1cccc(C)c1Nc1cc(C(=O)N(C)CCc2ccncc2)nc(C)n1. The van der Waals surface area contributed by atoms with Crippen LogP contribution in [0.15, 0.2) is 48.8 Å². The summed E-state index contributed by atoms with van der Waals surface area (Å²) in [5.74, 6) is 1.08. The van der Waals surface area contributed by atoms with Crippen molar-refractivity contribution in [2.45, 2.75) is 33.6 Å². The molecule has 0 spiro atoms. The number of hydrogen-bond acceptors (Lipinski definition) is 5. The normalized spacial score (nSPS) is 10.6. The fourth-order valence-corrected chi connectivity index (χ4v) is 3.21. The third-order valence-electron chi connectivity index (χ3n) is 4.88. The Morgan fingerprint density at radius 2 is 1.86 bits per heavy atom. The first kappa shape index (κ1) is 20.5. The molecule has 0 aliphatic rings. The minimum Gasteiger partial charge on any atom is -0.340 e. The largest absolute Gasteiger partial charge is 0.340 e. The number of carbonyl (C=O) groups is 1. The number of nitrogens with zero attached hydrogens (tertiary/aromatic N) is 4. The number of anilines is 2. The predicted molar refractivity (Wildman–Crippen MR) is 116 cm³/mol. The van der Waals surface area contributed by atoms with E-state index in [1.54, 1.807) is 37.3 Å². The van der Waals surface area contributed by atoms with Crippen molar-refractivity contribution in [2.75, 3.05) is 18.9 Å². The molecule has 1 N–H and O–H groups in total. The third-order valence-corrected chi connectivity index (χ3v) is 4.88. The number of amides is 1. The van der Waals surface area contributed by atoms with E-state index in [2.05, 4.69) is 52.3 Å². The summed E-state index contributed by atoms with van der Waals surface area (Å²) >= 11 is 0. The molecule has 0 saturated carbocycles. The number of aryl methyl sites for hydroxylation is 3. The van der Waals surface area contributed by atoms with Gasteiger partial charge in [-0.2, -0.15) is 0 Å². The van der Waals surface area contributed by atoms with Gasteiger partial charge in [0.25, 0.3) is 5.91 Å². The Morgan fingerprint density at radius 1 is 1.10 bits per heavy atom. The van der Waals surface area contributed by atoms with Crippen LogP contribution in [0, 0.1) is 13.8 Å². The van der Waals surface area contributed by atoms with Gasteiger partial charge in [-0.1, -0.05) is 25.1 Å². The van der Waals surface area contributed by atoms with Gasteiger partial charge >= 0.3 is 0 Å². The van der Waals surface area contributed by atoms with E-state index in [-0.39, 0.29) is 5.91 Å². The Morgan fingerprint density at radius 3 is 2.59 bits per heavy atom. The van der Waals surface area contributed by atoms with E-state index in [1.807, 2.05) is 12.1 Å². The Labute approximate surface area is 172 Å². The number of benzene rings is 1. The monoisotopic (exact) mass is 389 g/mol. The molecule has 3 rings (SSSR count). The van der Waals surface area contributed by atoms with E-state index in [1.165, 1.54) is 5.56 Å². The zero-order chi connectivity index (χ0) is 20.8. The molecule has 0 fully saturated rings. The van der Waals surface area contributed by atoms with Crippen LogP contribution in [0.2, 0.25) is 0 Å². The fraction of sp³-hybridized carbons (Fsp3) is 0.304. The highest BCUT2D eigenvalue weighted by atomic mass is 16.2. The molecular weight excluding hydrogens is 362 g/mol. The van der Waals surface area contributed by atoms with E-state index in [0.717, 1.165) is 29.7 Å². The summed E-state index contributed by atoms with van der Waals surface area (Å²) in [4.78, 5) is 27.5. The van der Waals surface area contributed by atoms with Crippen LogP contribution in [0.4, 0.5) is 11.5 Å². The smallest absolute Gasteiger partial charge is 0.272 e. The average Bonchev–Trinajstić information content (AvgIpc) is 2.73. The molecule has 0 saturated heterocycles.